The second-order valence-electron chi connectivity index (χ2n) is 39.5. The van der Waals surface area contributed by atoms with Gasteiger partial charge in [-0.25, -0.2) is 9.13 Å². The maximum absolute atomic E-state index is 13.5. The highest BCUT2D eigenvalue weighted by Gasteiger charge is 2.57. The lowest BCUT2D eigenvalue weighted by atomic mass is 9.94. The van der Waals surface area contributed by atoms with Crippen molar-refractivity contribution >= 4 is 27.5 Å². The summed E-state index contributed by atoms with van der Waals surface area (Å²) in [6.07, 6.45) is 33.7. The molecule has 3 unspecified atom stereocenters. The number of carbonyl (C=O) groups is 2. The lowest BCUT2D eigenvalue weighted by Crippen LogP contribution is -2.70. The van der Waals surface area contributed by atoms with Crippen LogP contribution in [0.4, 0.5) is 0 Å². The summed E-state index contributed by atoms with van der Waals surface area (Å²) in [5, 5.41) is 123. The van der Waals surface area contributed by atoms with Crippen molar-refractivity contribution in [3.8, 4) is 0 Å². The fourth-order valence-corrected chi connectivity index (χ4v) is 19.1. The van der Waals surface area contributed by atoms with E-state index in [4.69, 9.17) is 42.2 Å². The maximum atomic E-state index is 13.5. The van der Waals surface area contributed by atoms with Gasteiger partial charge in [-0.15, -0.1) is 0 Å². The Labute approximate surface area is 831 Å². The molecule has 0 bridgehead atoms. The van der Waals surface area contributed by atoms with E-state index in [0.717, 1.165) is 194 Å². The van der Waals surface area contributed by atoms with Crippen LogP contribution in [0.2, 0.25) is 0 Å². The van der Waals surface area contributed by atoms with Gasteiger partial charge in [0, 0.05) is 13.8 Å². The second kappa shape index (κ2) is 68.1. The summed E-state index contributed by atoms with van der Waals surface area (Å²) in [5.41, 5.74) is 21.8. The van der Waals surface area contributed by atoms with Gasteiger partial charge in [0.25, 0.3) is 0 Å². The molecule has 794 valence electrons. The Bertz CT molecular complexity index is 4240. The Morgan fingerprint density at radius 1 is 0.295 bits per heavy atom. The predicted octanol–water partition coefficient (Wildman–Crippen LogP) is 18.7. The number of allylic oxidation sites excluding steroid dienone is 30. The van der Waals surface area contributed by atoms with E-state index in [1.165, 1.54) is 90.0 Å². The Morgan fingerprint density at radius 2 is 0.547 bits per heavy atom. The van der Waals surface area contributed by atoms with Crippen LogP contribution in [0.15, 0.2) is 175 Å². The average molecular weight is 2000 g/mol. The molecule has 4 rings (SSSR count). The topological polar surface area (TPSA) is 448 Å². The molecule has 0 aromatic heterocycles. The van der Waals surface area contributed by atoms with Gasteiger partial charge in [-0.1, -0.05) is 182 Å². The molecule has 0 spiro atoms. The van der Waals surface area contributed by atoms with Crippen LogP contribution in [0, 0.1) is 5.92 Å². The zero-order valence-electron chi connectivity index (χ0n) is 87.2. The van der Waals surface area contributed by atoms with Crippen LogP contribution in [0.3, 0.4) is 0 Å². The highest BCUT2D eigenvalue weighted by atomic mass is 31.3. The lowest BCUT2D eigenvalue weighted by molar-refractivity contribution is -0.379. The van der Waals surface area contributed by atoms with Crippen molar-refractivity contribution in [2.24, 2.45) is 5.92 Å². The van der Waals surface area contributed by atoms with Gasteiger partial charge in [0.15, 0.2) is 25.2 Å². The van der Waals surface area contributed by atoms with E-state index in [-0.39, 0.29) is 18.9 Å². The van der Waals surface area contributed by atoms with Crippen molar-refractivity contribution in [2.45, 2.75) is 453 Å². The first-order valence-corrected chi connectivity index (χ1v) is 53.6. The average Bonchev–Trinajstić information content (AvgIpc) is 0.764. The van der Waals surface area contributed by atoms with Gasteiger partial charge in [-0.05, 0) is 316 Å². The minimum atomic E-state index is -5.76. The van der Waals surface area contributed by atoms with E-state index in [9.17, 15) is 84.7 Å². The standard InChI is InChI=1S/C108H180N2O27P2/c1-71(2)35-20-36-72(3)37-21-38-73(4)39-22-40-74(5)41-23-42-75(6)43-24-44-76(7)45-25-46-77(8)47-26-48-78(9)49-27-50-79(10)51-28-52-80(11)53-29-54-81(12)55-30-56-82(13)57-31-58-83(14)59-32-60-84(15)61-33-62-85(16)63-34-64-86(17)65-66-128-138(124,125)137-139(126,127)136-106-94(110-88(19)116)98(120)102(92(70-114)132-106)133-105-93(109-87(18)115)97(119)103(91(69-113)131-105)134-108-101(123)104(96(118)90(68-112)130-108)135-107-100(122)99(121)95(117)89(67-111)129-107/h35,37,39,41,43,45,47,49,51,53,55,57,59,61,63,86,89-108,111-114,117-123H,20-34,36,38,40,42,44,46,48,50,52,54,56,58,60,62,64-70H2,1-19H3,(H,109,115)(H,110,116)(H,124,125)(H,126,127)/b72-37+,73-39+,74-41-,75-43-,76-45-,77-47-,78-49-,79-51-,80-53-,81-55-,82-57-,83-59-,84-61-,85-63-/t86?,89-,90-,91-,92-,93-,94-,95-,96-,97-,98-,99+,100+,101+,102-,103-,104+,105+,106-,107-,108+/m1/s1. The summed E-state index contributed by atoms with van der Waals surface area (Å²) < 4.78 is 81.6. The molecule has 2 amide bonds. The summed E-state index contributed by atoms with van der Waals surface area (Å²) in [6.45, 7) is 35.5. The van der Waals surface area contributed by atoms with Crippen LogP contribution < -0.4 is 10.6 Å². The van der Waals surface area contributed by atoms with Crippen LogP contribution in [0.1, 0.15) is 331 Å². The van der Waals surface area contributed by atoms with Crippen molar-refractivity contribution in [3.05, 3.63) is 175 Å². The van der Waals surface area contributed by atoms with Crippen molar-refractivity contribution < 1.29 is 131 Å². The number of hydrogen-bond donors (Lipinski definition) is 15. The predicted molar refractivity (Wildman–Crippen MR) is 547 cm³/mol. The van der Waals surface area contributed by atoms with Crippen molar-refractivity contribution in [1.29, 1.82) is 0 Å². The van der Waals surface area contributed by atoms with E-state index in [1.54, 1.807) is 0 Å². The van der Waals surface area contributed by atoms with Gasteiger partial charge in [0.05, 0.1) is 33.0 Å². The van der Waals surface area contributed by atoms with E-state index in [2.05, 4.69) is 217 Å². The Kier molecular flexibility index (Phi) is 61.7. The van der Waals surface area contributed by atoms with E-state index >= 15 is 0 Å². The van der Waals surface area contributed by atoms with Crippen molar-refractivity contribution in [3.63, 3.8) is 0 Å². The molecule has 29 nitrogen and oxygen atoms in total. The summed E-state index contributed by atoms with van der Waals surface area (Å²) in [4.78, 5) is 46.8. The molecule has 4 aliphatic rings. The third kappa shape index (κ3) is 51.0. The molecule has 23 atom stereocenters. The van der Waals surface area contributed by atoms with Crippen molar-refractivity contribution in [2.75, 3.05) is 33.0 Å². The number of aliphatic hydroxyl groups excluding tert-OH is 11. The molecule has 4 fully saturated rings. The first kappa shape index (κ1) is 126. The normalized spacial score (nSPS) is 28.2. The van der Waals surface area contributed by atoms with Gasteiger partial charge in [-0.3, -0.25) is 18.6 Å². The monoisotopic (exact) mass is 2000 g/mol. The summed E-state index contributed by atoms with van der Waals surface area (Å²) in [6, 6.07) is -3.71. The highest BCUT2D eigenvalue weighted by Crippen LogP contribution is 2.61. The van der Waals surface area contributed by atoms with Crippen LogP contribution in [-0.4, -0.2) is 234 Å². The van der Waals surface area contributed by atoms with Crippen LogP contribution in [-0.2, 0) is 65.2 Å². The second-order valence-corrected chi connectivity index (χ2v) is 42.5. The summed E-state index contributed by atoms with van der Waals surface area (Å²) in [5.74, 6) is -1.77. The molecule has 0 aliphatic carbocycles. The van der Waals surface area contributed by atoms with Gasteiger partial charge in [0.2, 0.25) is 11.8 Å². The molecular formula is C108H180N2O27P2. The lowest BCUT2D eigenvalue weighted by Gasteiger charge is -2.50. The third-order valence-electron chi connectivity index (χ3n) is 26.0. The van der Waals surface area contributed by atoms with Crippen LogP contribution >= 0.6 is 15.6 Å². The Hall–Kier alpha value is -5.42. The molecule has 0 saturated carbocycles. The minimum Gasteiger partial charge on any atom is -0.394 e. The first-order valence-electron chi connectivity index (χ1n) is 50.6. The summed E-state index contributed by atoms with van der Waals surface area (Å²) in [7, 11) is -11.2. The molecular weight excluding hydrogens is 1820 g/mol. The number of rotatable bonds is 65. The van der Waals surface area contributed by atoms with Crippen molar-refractivity contribution in [1.82, 2.24) is 10.6 Å². The molecule has 0 radical (unpaired) electrons. The SMILES string of the molecule is CC(=O)N[C@H]1[C@H](O[C@H]2[C@H](O)[C@@H](NC(C)=O)[C@@H](OP(=O)(O)OP(=O)(O)OCCC(C)CC/C=C(/C)CC/C=C(/C)CC/C=C(/C)CC/C=C(/C)CC/C=C(/C)CC/C=C(/C)CC/C=C(/C)CC/C=C(/C)CC/C=C(/C)CC/C=C(/C)CC/C=C(/C)CC/C=C(/C)CC/C=C(\C)CC/C=C(\C)CCC=C(C)C)O[C@@H]2CO)O[C@H](CO)[C@@H](O[C@@H]2O[C@H](CO)[C@@H](O)[C@H](O[C@H]3O[C@H](CO)[C@@H](O)[C@H](O)[C@@H]3O)[C@@H]2O)[C@@H]1O. The van der Waals surface area contributed by atoms with Crippen LogP contribution in [0.5, 0.6) is 0 Å². The zero-order chi connectivity index (χ0) is 103. The van der Waals surface area contributed by atoms with Crippen LogP contribution in [0.25, 0.3) is 0 Å². The molecule has 4 saturated heterocycles. The van der Waals surface area contributed by atoms with E-state index in [0.29, 0.717) is 6.42 Å². The van der Waals surface area contributed by atoms with Gasteiger partial charge >= 0.3 is 15.6 Å². The fraction of sp³-hybridized carbons (Fsp3) is 0.704. The number of hydrogen-bond acceptors (Lipinski definition) is 25. The first-order chi connectivity index (χ1) is 65.8. The largest absolute Gasteiger partial charge is 0.483 e. The molecule has 4 heterocycles. The van der Waals surface area contributed by atoms with Gasteiger partial charge in [-0.2, -0.15) is 4.31 Å². The minimum absolute atomic E-state index is 0.0295. The molecule has 0 aromatic rings. The quantitative estimate of drug-likeness (QED) is 0.0199. The van der Waals surface area contributed by atoms with Gasteiger partial charge in [0.1, 0.15) is 97.5 Å². The number of phosphoric ester groups is 2. The molecule has 4 aliphatic heterocycles. The van der Waals surface area contributed by atoms with E-state index < -0.39 is 177 Å². The molecule has 139 heavy (non-hydrogen) atoms. The Balaban J connectivity index is 1.08. The van der Waals surface area contributed by atoms with Gasteiger partial charge < -0.3 is 110 Å². The maximum Gasteiger partial charge on any atom is 0.483 e. The fourth-order valence-electron chi connectivity index (χ4n) is 17.0. The highest BCUT2D eigenvalue weighted by molar-refractivity contribution is 7.61. The van der Waals surface area contributed by atoms with E-state index in [1.807, 2.05) is 6.92 Å². The number of phosphoric acid groups is 2. The number of ether oxygens (including phenoxy) is 7. The number of aliphatic hydroxyl groups is 11. The smallest absolute Gasteiger partial charge is 0.394 e. The molecule has 15 N–H and O–H groups in total. The third-order valence-corrected chi connectivity index (χ3v) is 28.6. The summed E-state index contributed by atoms with van der Waals surface area (Å²) >= 11 is 0. The molecule has 0 aromatic carbocycles. The zero-order valence-corrected chi connectivity index (χ0v) is 89.0. The number of nitrogens with one attached hydrogen (secondary N) is 2. The molecule has 31 heteroatoms. The number of carbonyl (C=O) groups excluding carboxylic acids is 2. The number of amides is 2. The Morgan fingerprint density at radius 3 is 0.842 bits per heavy atom.